The highest BCUT2D eigenvalue weighted by Crippen LogP contribution is 2.47. The lowest BCUT2D eigenvalue weighted by Gasteiger charge is -2.41. The van der Waals surface area contributed by atoms with E-state index in [9.17, 15) is 4.79 Å². The predicted molar refractivity (Wildman–Crippen MR) is 90.7 cm³/mol. The van der Waals surface area contributed by atoms with Gasteiger partial charge in [0.15, 0.2) is 0 Å². The van der Waals surface area contributed by atoms with Gasteiger partial charge in [0.05, 0.1) is 0 Å². The maximum Gasteiger partial charge on any atom is 0.253 e. The zero-order valence-electron chi connectivity index (χ0n) is 14.1. The molecule has 118 valence electrons. The fraction of sp³-hybridized carbons (Fsp3) is 0.526. The van der Waals surface area contributed by atoms with Crippen molar-refractivity contribution in [3.8, 4) is 0 Å². The van der Waals surface area contributed by atoms with E-state index in [0.29, 0.717) is 6.04 Å². The average molecular weight is 298 g/mol. The molecule has 1 aromatic rings. The maximum absolute atomic E-state index is 12.6. The predicted octanol–water partition coefficient (Wildman–Crippen LogP) is 2.91. The molecule has 0 radical (unpaired) electrons. The van der Waals surface area contributed by atoms with E-state index in [1.54, 1.807) is 4.90 Å². The van der Waals surface area contributed by atoms with E-state index < -0.39 is 0 Å². The number of fused-ring (bicyclic) bond motifs is 2. The Morgan fingerprint density at radius 1 is 1.18 bits per heavy atom. The van der Waals surface area contributed by atoms with E-state index in [1.165, 1.54) is 5.56 Å². The first-order valence-corrected chi connectivity index (χ1v) is 8.23. The lowest BCUT2D eigenvalue weighted by atomic mass is 9.74. The molecule has 3 rings (SSSR count). The van der Waals surface area contributed by atoms with Gasteiger partial charge in [-0.2, -0.15) is 0 Å². The van der Waals surface area contributed by atoms with Crippen LogP contribution in [0.3, 0.4) is 0 Å². The number of likely N-dealkylation sites (N-methyl/N-ethyl adjacent to an activating group) is 1. The van der Waals surface area contributed by atoms with Crippen molar-refractivity contribution in [1.82, 2.24) is 9.80 Å². The van der Waals surface area contributed by atoms with Crippen LogP contribution in [0.1, 0.15) is 37.8 Å². The highest BCUT2D eigenvalue weighted by molar-refractivity contribution is 6.21. The Hall–Kier alpha value is -1.61. The first-order chi connectivity index (χ1) is 10.4. The van der Waals surface area contributed by atoms with Crippen molar-refractivity contribution in [1.29, 1.82) is 0 Å². The number of rotatable bonds is 2. The number of nitrogens with zero attached hydrogens (tertiary/aromatic N) is 2. The monoisotopic (exact) mass is 298 g/mol. The van der Waals surface area contributed by atoms with Crippen LogP contribution < -0.4 is 0 Å². The third-order valence-corrected chi connectivity index (χ3v) is 5.23. The van der Waals surface area contributed by atoms with Crippen molar-refractivity contribution in [2.24, 2.45) is 0 Å². The standard InChI is InChI=1S/C19H26N2O/c1-14(2)21-11-9-19(10-12-21)13-16(18(22)20(3)4)15-7-5-6-8-17(15)19/h5-8,13-14H,9-12H2,1-4H3. The zero-order chi connectivity index (χ0) is 15.9. The molecule has 1 spiro atoms. The topological polar surface area (TPSA) is 23.6 Å². The molecule has 0 aromatic heterocycles. The van der Waals surface area contributed by atoms with Crippen LogP contribution in [-0.2, 0) is 10.2 Å². The first-order valence-electron chi connectivity index (χ1n) is 8.23. The second-order valence-corrected chi connectivity index (χ2v) is 7.09. The summed E-state index contributed by atoms with van der Waals surface area (Å²) in [6.07, 6.45) is 4.47. The van der Waals surface area contributed by atoms with Crippen molar-refractivity contribution in [2.75, 3.05) is 27.2 Å². The summed E-state index contributed by atoms with van der Waals surface area (Å²) in [6, 6.07) is 9.06. The normalized spacial score (nSPS) is 20.1. The number of benzene rings is 1. The van der Waals surface area contributed by atoms with Crippen LogP contribution >= 0.6 is 0 Å². The molecule has 1 saturated heterocycles. The molecular weight excluding hydrogens is 272 g/mol. The quantitative estimate of drug-likeness (QED) is 0.838. The molecule has 1 aromatic carbocycles. The average Bonchev–Trinajstić information content (AvgIpc) is 2.82. The minimum atomic E-state index is 0.0585. The van der Waals surface area contributed by atoms with Gasteiger partial charge in [-0.3, -0.25) is 4.79 Å². The van der Waals surface area contributed by atoms with E-state index in [-0.39, 0.29) is 11.3 Å². The zero-order valence-corrected chi connectivity index (χ0v) is 14.1. The van der Waals surface area contributed by atoms with E-state index in [0.717, 1.165) is 37.1 Å². The van der Waals surface area contributed by atoms with Crippen LogP contribution in [0.5, 0.6) is 0 Å². The van der Waals surface area contributed by atoms with Crippen molar-refractivity contribution < 1.29 is 4.79 Å². The molecule has 0 N–H and O–H groups in total. The van der Waals surface area contributed by atoms with Crippen molar-refractivity contribution in [3.63, 3.8) is 0 Å². The van der Waals surface area contributed by atoms with Gasteiger partial charge < -0.3 is 9.80 Å². The maximum atomic E-state index is 12.6. The van der Waals surface area contributed by atoms with E-state index in [4.69, 9.17) is 0 Å². The fourth-order valence-electron chi connectivity index (χ4n) is 3.85. The van der Waals surface area contributed by atoms with Crippen molar-refractivity contribution >= 4 is 11.5 Å². The van der Waals surface area contributed by atoms with Gasteiger partial charge in [-0.05, 0) is 50.9 Å². The summed E-state index contributed by atoms with van der Waals surface area (Å²) in [6.45, 7) is 6.73. The summed E-state index contributed by atoms with van der Waals surface area (Å²) in [5.74, 6) is 0.121. The molecule has 2 aliphatic rings. The number of likely N-dealkylation sites (tertiary alicyclic amines) is 1. The smallest absolute Gasteiger partial charge is 0.253 e. The summed E-state index contributed by atoms with van der Waals surface area (Å²) in [4.78, 5) is 16.8. The van der Waals surface area contributed by atoms with Gasteiger partial charge in [-0.1, -0.05) is 30.3 Å². The van der Waals surface area contributed by atoms with E-state index >= 15 is 0 Å². The summed E-state index contributed by atoms with van der Waals surface area (Å²) in [7, 11) is 3.66. The van der Waals surface area contributed by atoms with Gasteiger partial charge in [-0.15, -0.1) is 0 Å². The van der Waals surface area contributed by atoms with Crippen LogP contribution in [0.2, 0.25) is 0 Å². The minimum Gasteiger partial charge on any atom is -0.345 e. The molecule has 1 fully saturated rings. The van der Waals surface area contributed by atoms with Gasteiger partial charge in [0.1, 0.15) is 0 Å². The molecule has 3 nitrogen and oxygen atoms in total. The SMILES string of the molecule is CC(C)N1CCC2(C=C(C(=O)N(C)C)c3ccccc32)CC1. The Balaban J connectivity index is 1.98. The number of allylic oxidation sites excluding steroid dienone is 1. The molecule has 0 atom stereocenters. The molecule has 1 aliphatic carbocycles. The van der Waals surface area contributed by atoms with Crippen LogP contribution in [0.4, 0.5) is 0 Å². The first kappa shape index (κ1) is 15.3. The summed E-state index contributed by atoms with van der Waals surface area (Å²) in [5, 5.41) is 0. The van der Waals surface area contributed by atoms with E-state index in [1.807, 2.05) is 20.2 Å². The minimum absolute atomic E-state index is 0.0585. The second kappa shape index (κ2) is 5.54. The third kappa shape index (κ3) is 2.38. The highest BCUT2D eigenvalue weighted by Gasteiger charge is 2.42. The van der Waals surface area contributed by atoms with Gasteiger partial charge in [0.2, 0.25) is 0 Å². The number of carbonyl (C=O) groups excluding carboxylic acids is 1. The van der Waals surface area contributed by atoms with Crippen LogP contribution in [0.25, 0.3) is 5.57 Å². The number of hydrogen-bond acceptors (Lipinski definition) is 2. The summed E-state index contributed by atoms with van der Waals surface area (Å²) < 4.78 is 0. The van der Waals surface area contributed by atoms with E-state index in [2.05, 4.69) is 43.0 Å². The Bertz CT molecular complexity index is 608. The van der Waals surface area contributed by atoms with Crippen LogP contribution in [0, 0.1) is 0 Å². The Labute approximate surface area is 133 Å². The molecule has 0 bridgehead atoms. The molecule has 0 saturated carbocycles. The van der Waals surface area contributed by atoms with Gasteiger partial charge >= 0.3 is 0 Å². The molecule has 3 heteroatoms. The Morgan fingerprint density at radius 2 is 1.82 bits per heavy atom. The Kier molecular flexibility index (Phi) is 3.85. The number of hydrogen-bond donors (Lipinski definition) is 0. The number of carbonyl (C=O) groups is 1. The molecule has 1 aliphatic heterocycles. The molecule has 0 unspecified atom stereocenters. The van der Waals surface area contributed by atoms with Crippen molar-refractivity contribution in [3.05, 3.63) is 41.5 Å². The van der Waals surface area contributed by atoms with Crippen LogP contribution in [-0.4, -0.2) is 48.9 Å². The molecule has 1 heterocycles. The largest absolute Gasteiger partial charge is 0.345 e. The molecular formula is C19H26N2O. The number of piperidine rings is 1. The number of amides is 1. The summed E-state index contributed by atoms with van der Waals surface area (Å²) >= 11 is 0. The second-order valence-electron chi connectivity index (χ2n) is 7.09. The highest BCUT2D eigenvalue weighted by atomic mass is 16.2. The van der Waals surface area contributed by atoms with Gasteiger partial charge in [-0.25, -0.2) is 0 Å². The van der Waals surface area contributed by atoms with Gasteiger partial charge in [0.25, 0.3) is 5.91 Å². The third-order valence-electron chi connectivity index (χ3n) is 5.23. The lowest BCUT2D eigenvalue weighted by Crippen LogP contribution is -2.44. The van der Waals surface area contributed by atoms with Crippen molar-refractivity contribution in [2.45, 2.75) is 38.1 Å². The lowest BCUT2D eigenvalue weighted by molar-refractivity contribution is -0.122. The fourth-order valence-corrected chi connectivity index (χ4v) is 3.85. The molecule has 22 heavy (non-hydrogen) atoms. The Morgan fingerprint density at radius 3 is 2.41 bits per heavy atom. The van der Waals surface area contributed by atoms with Gasteiger partial charge in [0, 0.05) is 31.1 Å². The molecule has 1 amide bonds. The summed E-state index contributed by atoms with van der Waals surface area (Å²) in [5.41, 5.74) is 3.43. The van der Waals surface area contributed by atoms with Crippen LogP contribution in [0.15, 0.2) is 30.3 Å².